The molecule has 3 N–H and O–H groups in total. The largest absolute Gasteiger partial charge is 0.496 e. The smallest absolute Gasteiger partial charge is 0.244 e. The number of para-hydroxylation sites is 1. The van der Waals surface area contributed by atoms with E-state index in [1.54, 1.807) is 7.11 Å². The Balaban J connectivity index is 1.94. The first-order valence-corrected chi connectivity index (χ1v) is 10.3. The zero-order chi connectivity index (χ0) is 22.7. The zero-order valence-electron chi connectivity index (χ0n) is 18.1. The minimum absolute atomic E-state index is 0.0191. The van der Waals surface area contributed by atoms with Crippen LogP contribution in [-0.4, -0.2) is 30.5 Å². The van der Waals surface area contributed by atoms with Gasteiger partial charge in [-0.25, -0.2) is 0 Å². The van der Waals surface area contributed by atoms with E-state index in [2.05, 4.69) is 16.3 Å². The Morgan fingerprint density at radius 1 is 1.12 bits per heavy atom. The van der Waals surface area contributed by atoms with Gasteiger partial charge in [-0.1, -0.05) is 18.2 Å². The van der Waals surface area contributed by atoms with E-state index in [1.807, 2.05) is 56.3 Å². The Morgan fingerprint density at radius 3 is 2.62 bits per heavy atom. The first kappa shape index (κ1) is 21.1. The summed E-state index contributed by atoms with van der Waals surface area (Å²) < 4.78 is 22.8. The molecule has 3 aromatic rings. The highest BCUT2D eigenvalue weighted by atomic mass is 16.5. The van der Waals surface area contributed by atoms with Crippen molar-refractivity contribution in [3.8, 4) is 40.5 Å². The number of benzene rings is 2. The third-order valence-electron chi connectivity index (χ3n) is 5.22. The number of aromatic nitrogens is 2. The molecule has 0 saturated heterocycles. The van der Waals surface area contributed by atoms with Crippen molar-refractivity contribution >= 4 is 0 Å². The monoisotopic (exact) mass is 432 g/mol. The first-order valence-electron chi connectivity index (χ1n) is 10.3. The fourth-order valence-electron chi connectivity index (χ4n) is 3.91. The van der Waals surface area contributed by atoms with Crippen molar-refractivity contribution in [3.63, 3.8) is 0 Å². The number of nitrogens with zero attached hydrogens (tertiary/aromatic N) is 2. The Hall–Kier alpha value is -4.12. The third-order valence-corrected chi connectivity index (χ3v) is 5.22. The van der Waals surface area contributed by atoms with Crippen molar-refractivity contribution in [2.45, 2.75) is 19.8 Å². The van der Waals surface area contributed by atoms with Crippen LogP contribution in [0.2, 0.25) is 0 Å². The molecule has 0 unspecified atom stereocenters. The van der Waals surface area contributed by atoms with Crippen LogP contribution in [0.1, 0.15) is 30.9 Å². The van der Waals surface area contributed by atoms with Crippen LogP contribution in [0.5, 0.6) is 23.1 Å². The number of nitrogens with two attached hydrogens (primary N) is 1. The molecule has 2 heterocycles. The van der Waals surface area contributed by atoms with E-state index in [9.17, 15) is 5.26 Å². The van der Waals surface area contributed by atoms with Crippen molar-refractivity contribution in [3.05, 3.63) is 65.0 Å². The lowest BCUT2D eigenvalue weighted by atomic mass is 9.82. The maximum absolute atomic E-state index is 9.94. The Labute approximate surface area is 186 Å². The second-order valence-electron chi connectivity index (χ2n) is 7.01. The minimum Gasteiger partial charge on any atom is -0.496 e. The molecule has 0 saturated carbocycles. The van der Waals surface area contributed by atoms with Gasteiger partial charge in [-0.15, -0.1) is 5.10 Å². The first-order chi connectivity index (χ1) is 15.6. The van der Waals surface area contributed by atoms with E-state index >= 15 is 0 Å². The predicted molar refractivity (Wildman–Crippen MR) is 119 cm³/mol. The Morgan fingerprint density at radius 2 is 1.91 bits per heavy atom. The average Bonchev–Trinajstić information content (AvgIpc) is 3.22. The summed E-state index contributed by atoms with van der Waals surface area (Å²) in [4.78, 5) is 0. The summed E-state index contributed by atoms with van der Waals surface area (Å²) in [6, 6.07) is 15.3. The molecule has 1 atom stereocenters. The number of fused-ring (bicyclic) bond motifs is 1. The van der Waals surface area contributed by atoms with E-state index in [4.69, 9.17) is 24.7 Å². The van der Waals surface area contributed by atoms with Crippen LogP contribution in [0.3, 0.4) is 0 Å². The lowest BCUT2D eigenvalue weighted by Crippen LogP contribution is -2.21. The minimum atomic E-state index is -0.533. The van der Waals surface area contributed by atoms with Crippen LogP contribution in [0, 0.1) is 11.3 Å². The van der Waals surface area contributed by atoms with Gasteiger partial charge in [0, 0.05) is 17.2 Å². The maximum atomic E-state index is 9.94. The van der Waals surface area contributed by atoms with Crippen LogP contribution in [-0.2, 0) is 0 Å². The fourth-order valence-corrected chi connectivity index (χ4v) is 3.91. The van der Waals surface area contributed by atoms with Crippen molar-refractivity contribution in [1.29, 1.82) is 5.26 Å². The van der Waals surface area contributed by atoms with Crippen molar-refractivity contribution in [2.24, 2.45) is 5.73 Å². The summed E-state index contributed by atoms with van der Waals surface area (Å²) in [5, 5.41) is 17.3. The number of ether oxygens (including phenoxy) is 4. The maximum Gasteiger partial charge on any atom is 0.244 e. The molecule has 32 heavy (non-hydrogen) atoms. The van der Waals surface area contributed by atoms with Gasteiger partial charge in [0.1, 0.15) is 28.9 Å². The van der Waals surface area contributed by atoms with Crippen LogP contribution >= 0.6 is 0 Å². The molecule has 1 aromatic heterocycles. The molecule has 0 fully saturated rings. The molecule has 1 aliphatic rings. The number of allylic oxidation sites excluding steroid dienone is 1. The lowest BCUT2D eigenvalue weighted by Gasteiger charge is -2.25. The van der Waals surface area contributed by atoms with Gasteiger partial charge in [-0.2, -0.15) is 5.26 Å². The number of aromatic amines is 1. The molecule has 4 rings (SSSR count). The van der Waals surface area contributed by atoms with Gasteiger partial charge in [0.2, 0.25) is 11.8 Å². The molecule has 8 heteroatoms. The standard InChI is InChI=1S/C24H24N4O4/c1-4-30-14-10-11-16(19(12-14)31-5-2)22-21-20(15-8-6-7-9-18(15)29-3)17(13-25)23(26)32-24(21)28-27-22/h6-12,20H,4-5,26H2,1-3H3,(H,27,28)/t20-/m1/s1. The summed E-state index contributed by atoms with van der Waals surface area (Å²) in [5.41, 5.74) is 9.29. The van der Waals surface area contributed by atoms with Crippen molar-refractivity contribution < 1.29 is 18.9 Å². The zero-order valence-corrected chi connectivity index (χ0v) is 18.1. The van der Waals surface area contributed by atoms with E-state index in [-0.39, 0.29) is 11.5 Å². The Kier molecular flexibility index (Phi) is 5.90. The van der Waals surface area contributed by atoms with Gasteiger partial charge in [-0.3, -0.25) is 5.10 Å². The second-order valence-corrected chi connectivity index (χ2v) is 7.01. The molecule has 1 aliphatic heterocycles. The highest BCUT2D eigenvalue weighted by molar-refractivity contribution is 5.76. The second kappa shape index (κ2) is 8.94. The van der Waals surface area contributed by atoms with Crippen LogP contribution in [0.4, 0.5) is 0 Å². The van der Waals surface area contributed by atoms with E-state index in [0.717, 1.165) is 11.1 Å². The molecule has 0 amide bonds. The van der Waals surface area contributed by atoms with Crippen LogP contribution in [0.15, 0.2) is 53.9 Å². The number of nitriles is 1. The molecule has 2 aromatic carbocycles. The molecule has 0 bridgehead atoms. The number of rotatable bonds is 7. The van der Waals surface area contributed by atoms with Gasteiger partial charge in [-0.05, 0) is 32.0 Å². The van der Waals surface area contributed by atoms with Crippen molar-refractivity contribution in [1.82, 2.24) is 10.2 Å². The number of nitrogens with one attached hydrogen (secondary N) is 1. The average molecular weight is 432 g/mol. The number of H-pyrrole nitrogens is 1. The van der Waals surface area contributed by atoms with E-state index < -0.39 is 5.92 Å². The predicted octanol–water partition coefficient (Wildman–Crippen LogP) is 4.10. The molecular formula is C24H24N4O4. The summed E-state index contributed by atoms with van der Waals surface area (Å²) >= 11 is 0. The third kappa shape index (κ3) is 3.58. The lowest BCUT2D eigenvalue weighted by molar-refractivity contribution is 0.324. The quantitative estimate of drug-likeness (QED) is 0.577. The molecule has 8 nitrogen and oxygen atoms in total. The molecule has 0 spiro atoms. The van der Waals surface area contributed by atoms with Gasteiger partial charge in [0.15, 0.2) is 0 Å². The molecule has 164 valence electrons. The van der Waals surface area contributed by atoms with Gasteiger partial charge < -0.3 is 24.7 Å². The summed E-state index contributed by atoms with van der Waals surface area (Å²) in [6.45, 7) is 4.86. The molecular weight excluding hydrogens is 408 g/mol. The van der Waals surface area contributed by atoms with Gasteiger partial charge >= 0.3 is 0 Å². The SMILES string of the molecule is CCOc1ccc(-c2[nH]nc3c2[C@H](c2ccccc2OC)C(C#N)=C(N)O3)c(OCC)c1. The normalized spacial score (nSPS) is 14.9. The number of hydrogen-bond donors (Lipinski definition) is 2. The summed E-state index contributed by atoms with van der Waals surface area (Å²) in [5.74, 6) is 1.76. The van der Waals surface area contributed by atoms with Gasteiger partial charge in [0.05, 0.1) is 37.5 Å². The highest BCUT2D eigenvalue weighted by Crippen LogP contribution is 2.49. The molecule has 0 aliphatic carbocycles. The fraction of sp³-hybridized carbons (Fsp3) is 0.250. The van der Waals surface area contributed by atoms with E-state index in [0.29, 0.717) is 47.6 Å². The topological polar surface area (TPSA) is 115 Å². The summed E-state index contributed by atoms with van der Waals surface area (Å²) in [7, 11) is 1.59. The van der Waals surface area contributed by atoms with Gasteiger partial charge in [0.25, 0.3) is 0 Å². The number of methoxy groups -OCH3 is 1. The van der Waals surface area contributed by atoms with Crippen molar-refractivity contribution in [2.75, 3.05) is 20.3 Å². The highest BCUT2D eigenvalue weighted by Gasteiger charge is 2.37. The number of hydrogen-bond acceptors (Lipinski definition) is 7. The summed E-state index contributed by atoms with van der Waals surface area (Å²) in [6.07, 6.45) is 0. The molecule has 0 radical (unpaired) electrons. The Bertz CT molecular complexity index is 1210. The van der Waals surface area contributed by atoms with Crippen LogP contribution < -0.4 is 24.7 Å². The van der Waals surface area contributed by atoms with Crippen LogP contribution in [0.25, 0.3) is 11.3 Å². The van der Waals surface area contributed by atoms with E-state index in [1.165, 1.54) is 0 Å².